The largest absolute Gasteiger partial charge is 0.491 e. The Morgan fingerprint density at radius 2 is 2.05 bits per heavy atom. The number of hydrogen-bond acceptors (Lipinski definition) is 3. The predicted octanol–water partition coefficient (Wildman–Crippen LogP) is 3.09. The molecule has 0 bridgehead atoms. The molecule has 0 saturated carbocycles. The average molecular weight is 263 g/mol. The van der Waals surface area contributed by atoms with E-state index in [1.807, 2.05) is 7.05 Å². The number of hydrogen-bond donors (Lipinski definition) is 1. The highest BCUT2D eigenvalue weighted by Gasteiger charge is 2.23. The van der Waals surface area contributed by atoms with E-state index in [2.05, 4.69) is 44.3 Å². The van der Waals surface area contributed by atoms with Gasteiger partial charge in [-0.15, -0.1) is 0 Å². The molecular formula is C16H25NO2. The molecule has 19 heavy (non-hydrogen) atoms. The molecule has 3 nitrogen and oxygen atoms in total. The quantitative estimate of drug-likeness (QED) is 0.828. The van der Waals surface area contributed by atoms with Crippen LogP contribution in [0.1, 0.15) is 44.4 Å². The van der Waals surface area contributed by atoms with Gasteiger partial charge in [0, 0.05) is 6.04 Å². The molecule has 1 aromatic rings. The number of ether oxygens (including phenoxy) is 2. The molecule has 0 aromatic heterocycles. The van der Waals surface area contributed by atoms with Gasteiger partial charge in [-0.2, -0.15) is 0 Å². The highest BCUT2D eigenvalue weighted by atomic mass is 16.5. The Labute approximate surface area is 116 Å². The highest BCUT2D eigenvalue weighted by molar-refractivity contribution is 5.45. The van der Waals surface area contributed by atoms with Crippen molar-refractivity contribution in [2.75, 3.05) is 20.3 Å². The molecule has 1 aliphatic rings. The van der Waals surface area contributed by atoms with Crippen LogP contribution in [-0.2, 0) is 11.2 Å². The molecule has 0 radical (unpaired) electrons. The molecule has 3 heteroatoms. The van der Waals surface area contributed by atoms with Gasteiger partial charge in [0.2, 0.25) is 0 Å². The van der Waals surface area contributed by atoms with Crippen LogP contribution in [0.3, 0.4) is 0 Å². The van der Waals surface area contributed by atoms with E-state index in [1.54, 1.807) is 0 Å². The second-order valence-electron chi connectivity index (χ2n) is 6.01. The molecule has 1 atom stereocenters. The molecule has 0 aliphatic heterocycles. The Balaban J connectivity index is 1.93. The van der Waals surface area contributed by atoms with Crippen LogP contribution in [-0.4, -0.2) is 25.9 Å². The first-order valence-corrected chi connectivity index (χ1v) is 7.07. The van der Waals surface area contributed by atoms with Gasteiger partial charge in [0.05, 0.1) is 12.2 Å². The SMILES string of the molecule is CNC1CCc2c(OCCOC(C)(C)C)cccc21. The van der Waals surface area contributed by atoms with Crippen LogP contribution < -0.4 is 10.1 Å². The predicted molar refractivity (Wildman–Crippen MR) is 77.8 cm³/mol. The van der Waals surface area contributed by atoms with Gasteiger partial charge >= 0.3 is 0 Å². The molecule has 0 saturated heterocycles. The normalized spacial score (nSPS) is 18.4. The second-order valence-corrected chi connectivity index (χ2v) is 6.01. The first kappa shape index (κ1) is 14.4. The lowest BCUT2D eigenvalue weighted by molar-refractivity contribution is -0.0163. The van der Waals surface area contributed by atoms with Crippen LogP contribution >= 0.6 is 0 Å². The van der Waals surface area contributed by atoms with Crippen molar-refractivity contribution in [2.45, 2.75) is 45.3 Å². The van der Waals surface area contributed by atoms with Crippen molar-refractivity contribution in [3.63, 3.8) is 0 Å². The average Bonchev–Trinajstić information content (AvgIpc) is 2.77. The highest BCUT2D eigenvalue weighted by Crippen LogP contribution is 2.36. The molecule has 2 rings (SSSR count). The maximum atomic E-state index is 5.88. The van der Waals surface area contributed by atoms with Crippen molar-refractivity contribution >= 4 is 0 Å². The van der Waals surface area contributed by atoms with E-state index >= 15 is 0 Å². The van der Waals surface area contributed by atoms with Crippen LogP contribution in [0.2, 0.25) is 0 Å². The fourth-order valence-corrected chi connectivity index (χ4v) is 2.56. The molecular weight excluding hydrogens is 238 g/mol. The lowest BCUT2D eigenvalue weighted by Crippen LogP contribution is -2.22. The van der Waals surface area contributed by atoms with Crippen molar-refractivity contribution < 1.29 is 9.47 Å². The number of rotatable bonds is 5. The summed E-state index contributed by atoms with van der Waals surface area (Å²) in [5, 5.41) is 3.35. The smallest absolute Gasteiger partial charge is 0.122 e. The lowest BCUT2D eigenvalue weighted by Gasteiger charge is -2.20. The molecule has 0 heterocycles. The van der Waals surface area contributed by atoms with Gasteiger partial charge < -0.3 is 14.8 Å². The molecule has 1 aromatic carbocycles. The first-order valence-electron chi connectivity index (χ1n) is 7.07. The van der Waals surface area contributed by atoms with Crippen molar-refractivity contribution in [3.05, 3.63) is 29.3 Å². The van der Waals surface area contributed by atoms with Crippen LogP contribution in [0.5, 0.6) is 5.75 Å². The van der Waals surface area contributed by atoms with Gasteiger partial charge in [-0.3, -0.25) is 0 Å². The van der Waals surface area contributed by atoms with E-state index < -0.39 is 0 Å². The summed E-state index contributed by atoms with van der Waals surface area (Å²) < 4.78 is 11.6. The van der Waals surface area contributed by atoms with Gasteiger partial charge in [0.25, 0.3) is 0 Å². The summed E-state index contributed by atoms with van der Waals surface area (Å²) in [7, 11) is 2.02. The molecule has 1 N–H and O–H groups in total. The Morgan fingerprint density at radius 1 is 1.26 bits per heavy atom. The minimum atomic E-state index is -0.0980. The van der Waals surface area contributed by atoms with Gasteiger partial charge in [-0.25, -0.2) is 0 Å². The summed E-state index contributed by atoms with van der Waals surface area (Å²) >= 11 is 0. The third-order valence-corrected chi connectivity index (χ3v) is 3.45. The summed E-state index contributed by atoms with van der Waals surface area (Å²) in [6.45, 7) is 7.42. The van der Waals surface area contributed by atoms with E-state index in [9.17, 15) is 0 Å². The van der Waals surface area contributed by atoms with Gasteiger partial charge in [-0.1, -0.05) is 12.1 Å². The third-order valence-electron chi connectivity index (χ3n) is 3.45. The maximum Gasteiger partial charge on any atom is 0.122 e. The zero-order valence-corrected chi connectivity index (χ0v) is 12.5. The zero-order chi connectivity index (χ0) is 13.9. The number of benzene rings is 1. The fraction of sp³-hybridized carbons (Fsp3) is 0.625. The molecule has 1 aliphatic carbocycles. The first-order chi connectivity index (χ1) is 9.01. The molecule has 0 amide bonds. The lowest BCUT2D eigenvalue weighted by atomic mass is 10.1. The van der Waals surface area contributed by atoms with Crippen molar-refractivity contribution in [1.29, 1.82) is 0 Å². The van der Waals surface area contributed by atoms with Crippen LogP contribution in [0.15, 0.2) is 18.2 Å². The van der Waals surface area contributed by atoms with Crippen LogP contribution in [0.25, 0.3) is 0 Å². The second kappa shape index (κ2) is 5.93. The summed E-state index contributed by atoms with van der Waals surface area (Å²) in [5.74, 6) is 1.02. The van der Waals surface area contributed by atoms with Gasteiger partial charge in [-0.05, 0) is 57.9 Å². The monoisotopic (exact) mass is 263 g/mol. The Bertz CT molecular complexity index is 423. The summed E-state index contributed by atoms with van der Waals surface area (Å²) in [5.41, 5.74) is 2.65. The van der Waals surface area contributed by atoms with Gasteiger partial charge in [0.1, 0.15) is 12.4 Å². The van der Waals surface area contributed by atoms with Crippen molar-refractivity contribution in [2.24, 2.45) is 0 Å². The minimum absolute atomic E-state index is 0.0980. The van der Waals surface area contributed by atoms with E-state index in [4.69, 9.17) is 9.47 Å². The Kier molecular flexibility index (Phi) is 4.48. The van der Waals surface area contributed by atoms with Crippen LogP contribution in [0, 0.1) is 0 Å². The van der Waals surface area contributed by atoms with Crippen LogP contribution in [0.4, 0.5) is 0 Å². The van der Waals surface area contributed by atoms with E-state index in [-0.39, 0.29) is 5.60 Å². The Morgan fingerprint density at radius 3 is 2.74 bits per heavy atom. The topological polar surface area (TPSA) is 30.5 Å². The van der Waals surface area contributed by atoms with Crippen molar-refractivity contribution in [3.8, 4) is 5.75 Å². The maximum absolute atomic E-state index is 5.88. The molecule has 0 spiro atoms. The summed E-state index contributed by atoms with van der Waals surface area (Å²) in [6.07, 6.45) is 2.25. The third kappa shape index (κ3) is 3.71. The summed E-state index contributed by atoms with van der Waals surface area (Å²) in [6, 6.07) is 6.81. The summed E-state index contributed by atoms with van der Waals surface area (Å²) in [4.78, 5) is 0. The molecule has 106 valence electrons. The standard InChI is InChI=1S/C16H25NO2/c1-16(2,3)19-11-10-18-15-7-5-6-12-13(15)8-9-14(12)17-4/h5-7,14,17H,8-11H2,1-4H3. The van der Waals surface area contributed by atoms with Crippen molar-refractivity contribution in [1.82, 2.24) is 5.32 Å². The number of nitrogens with one attached hydrogen (secondary N) is 1. The van der Waals surface area contributed by atoms with E-state index in [0.29, 0.717) is 19.3 Å². The Hall–Kier alpha value is -1.06. The zero-order valence-electron chi connectivity index (χ0n) is 12.5. The molecule has 1 unspecified atom stereocenters. The van der Waals surface area contributed by atoms with E-state index in [0.717, 1.165) is 18.6 Å². The molecule has 0 fully saturated rings. The minimum Gasteiger partial charge on any atom is -0.491 e. The van der Waals surface area contributed by atoms with Gasteiger partial charge in [0.15, 0.2) is 0 Å². The number of fused-ring (bicyclic) bond motifs is 1. The fourth-order valence-electron chi connectivity index (χ4n) is 2.56. The van der Waals surface area contributed by atoms with E-state index in [1.165, 1.54) is 11.1 Å².